The van der Waals surface area contributed by atoms with E-state index in [1.807, 2.05) is 4.98 Å². The predicted molar refractivity (Wildman–Crippen MR) is 80.6 cm³/mol. The van der Waals surface area contributed by atoms with Crippen LogP contribution in [-0.2, 0) is 0 Å². The molecule has 1 aromatic heterocycles. The van der Waals surface area contributed by atoms with Crippen LogP contribution in [0.4, 0.5) is 14.6 Å². The predicted octanol–water partition coefficient (Wildman–Crippen LogP) is -1.02. The number of hydrogen-bond acceptors (Lipinski definition) is 6. The quantitative estimate of drug-likeness (QED) is 0.378. The number of carboxylic acids is 2. The molecule has 0 unspecified atom stereocenters. The highest BCUT2D eigenvalue weighted by Crippen LogP contribution is 2.31. The molecule has 25 heavy (non-hydrogen) atoms. The molecule has 0 amide bonds. The highest BCUT2D eigenvalue weighted by Gasteiger charge is 2.30. The molecular weight excluding hydrogens is 345 g/mol. The third kappa shape index (κ3) is 2.95. The van der Waals surface area contributed by atoms with Gasteiger partial charge in [0.25, 0.3) is 5.56 Å². The Balaban J connectivity index is 3.01. The number of carbonyl (C=O) groups is 2. The van der Waals surface area contributed by atoms with Crippen molar-refractivity contribution in [2.75, 3.05) is 5.73 Å². The molecule has 0 aliphatic rings. The summed E-state index contributed by atoms with van der Waals surface area (Å²) in [6.07, 6.45) is 0. The zero-order valence-electron chi connectivity index (χ0n) is 12.1. The fraction of sp³-hybridized carbons (Fsp3) is 0. The number of halogens is 2. The summed E-state index contributed by atoms with van der Waals surface area (Å²) < 4.78 is 28.3. The van der Waals surface area contributed by atoms with E-state index in [-0.39, 0.29) is 0 Å². The van der Waals surface area contributed by atoms with Gasteiger partial charge in [0.2, 0.25) is 0 Å². The molecule has 0 spiro atoms. The monoisotopic (exact) mass is 354 g/mol. The van der Waals surface area contributed by atoms with Crippen molar-refractivity contribution in [2.24, 2.45) is 0 Å². The number of nitrogens with one attached hydrogen (secondary N) is 1. The van der Waals surface area contributed by atoms with Crippen molar-refractivity contribution in [3.63, 3.8) is 0 Å². The van der Waals surface area contributed by atoms with Crippen molar-refractivity contribution >= 4 is 30.3 Å². The first-order valence-electron chi connectivity index (χ1n) is 6.44. The Labute approximate surface area is 137 Å². The van der Waals surface area contributed by atoms with E-state index in [0.29, 0.717) is 12.1 Å². The van der Waals surface area contributed by atoms with Crippen LogP contribution in [0.5, 0.6) is 0 Å². The number of aromatic nitrogens is 1. The zero-order valence-corrected chi connectivity index (χ0v) is 12.1. The third-order valence-corrected chi connectivity index (χ3v) is 3.33. The van der Waals surface area contributed by atoms with Crippen LogP contribution in [0.15, 0.2) is 16.9 Å². The first kappa shape index (κ1) is 18.1. The number of aromatic carboxylic acids is 2. The number of carboxylic acid groups (broad SMARTS) is 2. The number of H-pyrrole nitrogens is 1. The Bertz CT molecular complexity index is 958. The van der Waals surface area contributed by atoms with Gasteiger partial charge < -0.3 is 31.0 Å². The Morgan fingerprint density at radius 1 is 1.04 bits per heavy atom. The Kier molecular flexibility index (Phi) is 4.59. The Morgan fingerprint density at radius 2 is 1.60 bits per heavy atom. The molecule has 12 heteroatoms. The molecule has 0 aliphatic heterocycles. The van der Waals surface area contributed by atoms with Crippen molar-refractivity contribution in [1.29, 1.82) is 0 Å². The van der Waals surface area contributed by atoms with Gasteiger partial charge in [0, 0.05) is 16.6 Å². The normalized spacial score (nSPS) is 10.6. The molecule has 9 nitrogen and oxygen atoms in total. The fourth-order valence-corrected chi connectivity index (χ4v) is 2.27. The van der Waals surface area contributed by atoms with E-state index >= 15 is 0 Å². The lowest BCUT2D eigenvalue weighted by atomic mass is 9.78. The summed E-state index contributed by atoms with van der Waals surface area (Å²) in [7, 11) is -2.37. The topological polar surface area (TPSA) is 174 Å². The minimum Gasteiger partial charge on any atom is -0.478 e. The summed E-state index contributed by atoms with van der Waals surface area (Å²) in [4.78, 5) is 36.3. The van der Waals surface area contributed by atoms with Gasteiger partial charge in [-0.25, -0.2) is 18.4 Å². The summed E-state index contributed by atoms with van der Waals surface area (Å²) in [5.41, 5.74) is -0.778. The number of nitrogen functional groups attached to an aromatic ring is 1. The van der Waals surface area contributed by atoms with Gasteiger partial charge in [0.05, 0.1) is 0 Å². The van der Waals surface area contributed by atoms with Gasteiger partial charge >= 0.3 is 19.1 Å². The van der Waals surface area contributed by atoms with Crippen LogP contribution >= 0.6 is 0 Å². The molecule has 0 bridgehead atoms. The lowest BCUT2D eigenvalue weighted by molar-refractivity contribution is 0.0695. The lowest BCUT2D eigenvalue weighted by Gasteiger charge is -2.14. The van der Waals surface area contributed by atoms with Crippen molar-refractivity contribution in [1.82, 2.24) is 4.98 Å². The standard InChI is InChI=1S/C13H9BF2N2O7/c15-8-3(1-2-4(9(8)16)14(24)25)5-6(12(20)21)10(17)18-11(19)7(5)13(22)23/h1-2,24-25H,(H,20,21)(H,22,23)(H3,17,18,19). The van der Waals surface area contributed by atoms with Gasteiger partial charge in [-0.2, -0.15) is 0 Å². The van der Waals surface area contributed by atoms with Gasteiger partial charge in [-0.15, -0.1) is 0 Å². The Hall–Kier alpha value is -3.25. The van der Waals surface area contributed by atoms with Crippen LogP contribution in [-0.4, -0.2) is 44.3 Å². The second-order valence-electron chi connectivity index (χ2n) is 4.81. The molecule has 1 aromatic carbocycles. The van der Waals surface area contributed by atoms with Crippen LogP contribution < -0.4 is 16.8 Å². The summed E-state index contributed by atoms with van der Waals surface area (Å²) in [5.74, 6) is -7.98. The number of pyridine rings is 1. The number of anilines is 1. The Morgan fingerprint density at radius 3 is 2.08 bits per heavy atom. The van der Waals surface area contributed by atoms with Crippen LogP contribution in [0.3, 0.4) is 0 Å². The molecule has 130 valence electrons. The van der Waals surface area contributed by atoms with E-state index in [4.69, 9.17) is 20.9 Å². The van der Waals surface area contributed by atoms with Gasteiger partial charge in [0.15, 0.2) is 11.6 Å². The molecule has 0 atom stereocenters. The van der Waals surface area contributed by atoms with E-state index < -0.39 is 69.8 Å². The summed E-state index contributed by atoms with van der Waals surface area (Å²) in [6, 6.07) is 1.41. The average molecular weight is 354 g/mol. The van der Waals surface area contributed by atoms with Crippen LogP contribution in [0.2, 0.25) is 0 Å². The smallest absolute Gasteiger partial charge is 0.478 e. The summed E-state index contributed by atoms with van der Waals surface area (Å²) >= 11 is 0. The zero-order chi connectivity index (χ0) is 19.0. The van der Waals surface area contributed by atoms with Gasteiger partial charge in [-0.05, 0) is 0 Å². The van der Waals surface area contributed by atoms with Crippen molar-refractivity contribution in [3.8, 4) is 11.1 Å². The second-order valence-corrected chi connectivity index (χ2v) is 4.81. The third-order valence-electron chi connectivity index (χ3n) is 3.33. The fourth-order valence-electron chi connectivity index (χ4n) is 2.27. The van der Waals surface area contributed by atoms with Crippen molar-refractivity contribution in [3.05, 3.63) is 45.2 Å². The number of nitrogens with two attached hydrogens (primary N) is 1. The number of rotatable bonds is 4. The average Bonchev–Trinajstić information content (AvgIpc) is 2.47. The maximum absolute atomic E-state index is 14.3. The van der Waals surface area contributed by atoms with Crippen LogP contribution in [0, 0.1) is 11.6 Å². The summed E-state index contributed by atoms with van der Waals surface area (Å²) in [5, 5.41) is 36.3. The van der Waals surface area contributed by atoms with Gasteiger partial charge in [0.1, 0.15) is 16.9 Å². The van der Waals surface area contributed by atoms with Crippen molar-refractivity contribution < 1.29 is 38.6 Å². The minimum absolute atomic E-state index is 0.701. The van der Waals surface area contributed by atoms with E-state index in [0.717, 1.165) is 0 Å². The molecule has 7 N–H and O–H groups in total. The maximum Gasteiger partial charge on any atom is 0.491 e. The van der Waals surface area contributed by atoms with E-state index in [2.05, 4.69) is 0 Å². The van der Waals surface area contributed by atoms with E-state index in [1.165, 1.54) is 0 Å². The molecule has 2 aromatic rings. The molecule has 0 radical (unpaired) electrons. The molecule has 0 aliphatic carbocycles. The lowest BCUT2D eigenvalue weighted by Crippen LogP contribution is -2.34. The molecular formula is C13H9BF2N2O7. The summed E-state index contributed by atoms with van der Waals surface area (Å²) in [6.45, 7) is 0. The second kappa shape index (κ2) is 6.34. The first-order chi connectivity index (χ1) is 11.6. The van der Waals surface area contributed by atoms with Crippen LogP contribution in [0.1, 0.15) is 20.7 Å². The molecule has 2 rings (SSSR count). The molecule has 1 heterocycles. The van der Waals surface area contributed by atoms with E-state index in [1.54, 1.807) is 0 Å². The number of hydrogen-bond donors (Lipinski definition) is 6. The molecule has 0 saturated heterocycles. The van der Waals surface area contributed by atoms with Crippen LogP contribution in [0.25, 0.3) is 11.1 Å². The largest absolute Gasteiger partial charge is 0.491 e. The van der Waals surface area contributed by atoms with Gasteiger partial charge in [-0.1, -0.05) is 12.1 Å². The highest BCUT2D eigenvalue weighted by atomic mass is 19.2. The molecule has 0 saturated carbocycles. The van der Waals surface area contributed by atoms with Gasteiger partial charge in [-0.3, -0.25) is 4.79 Å². The highest BCUT2D eigenvalue weighted by molar-refractivity contribution is 6.58. The number of benzene rings is 1. The van der Waals surface area contributed by atoms with Crippen molar-refractivity contribution in [2.45, 2.75) is 0 Å². The SMILES string of the molecule is Nc1[nH]c(=O)c(C(=O)O)c(-c2ccc(B(O)O)c(F)c2F)c1C(=O)O. The first-order valence-corrected chi connectivity index (χ1v) is 6.44. The van der Waals surface area contributed by atoms with E-state index in [9.17, 15) is 28.3 Å². The number of aromatic amines is 1. The maximum atomic E-state index is 14.3. The molecule has 0 fully saturated rings. The minimum atomic E-state index is -2.37.